The molecule has 0 aliphatic carbocycles. The second-order valence-electron chi connectivity index (χ2n) is 14.5. The van der Waals surface area contributed by atoms with Gasteiger partial charge in [0, 0.05) is 16.7 Å². The lowest BCUT2D eigenvalue weighted by Gasteiger charge is -2.14. The van der Waals surface area contributed by atoms with Crippen molar-refractivity contribution in [3.05, 3.63) is 224 Å². The number of hydrogen-bond donors (Lipinski definition) is 0. The Bertz CT molecular complexity index is 2950. The van der Waals surface area contributed by atoms with E-state index >= 15 is 0 Å². The SMILES string of the molecule is c1ccc(-c2cccc(-c3cc(-c4cccc(-c5ccccc5)c4)cc(-c4cccc(-c5nc(-c6ccccc6)nc(-c6ccc7ccccc7c6)n5)c4)c3)c2)cc1. The molecule has 0 aliphatic heterocycles. The van der Waals surface area contributed by atoms with E-state index in [1.165, 1.54) is 27.6 Å². The van der Waals surface area contributed by atoms with Crippen LogP contribution in [0, 0.1) is 0 Å². The molecule has 0 bridgehead atoms. The van der Waals surface area contributed by atoms with E-state index in [9.17, 15) is 0 Å². The number of benzene rings is 9. The summed E-state index contributed by atoms with van der Waals surface area (Å²) in [5.74, 6) is 1.90. The molecule has 0 spiro atoms. The van der Waals surface area contributed by atoms with E-state index in [-0.39, 0.29) is 0 Å². The first-order valence-corrected chi connectivity index (χ1v) is 19.6. The summed E-state index contributed by atoms with van der Waals surface area (Å²) in [5, 5.41) is 2.32. The summed E-state index contributed by atoms with van der Waals surface area (Å²) in [6.07, 6.45) is 0. The van der Waals surface area contributed by atoms with Crippen molar-refractivity contribution in [2.75, 3.05) is 0 Å². The highest BCUT2D eigenvalue weighted by atomic mass is 15.0. The van der Waals surface area contributed by atoms with Crippen LogP contribution in [0.2, 0.25) is 0 Å². The van der Waals surface area contributed by atoms with E-state index in [1.54, 1.807) is 0 Å². The van der Waals surface area contributed by atoms with Gasteiger partial charge in [0.15, 0.2) is 17.5 Å². The van der Waals surface area contributed by atoms with Crippen LogP contribution in [0.25, 0.3) is 101 Å². The minimum absolute atomic E-state index is 0.626. The van der Waals surface area contributed by atoms with Crippen LogP contribution in [0.5, 0.6) is 0 Å². The normalized spacial score (nSPS) is 11.1. The first-order chi connectivity index (χ1) is 28.7. The summed E-state index contributed by atoms with van der Waals surface area (Å²) < 4.78 is 0. The molecule has 272 valence electrons. The fourth-order valence-corrected chi connectivity index (χ4v) is 7.66. The molecule has 1 heterocycles. The van der Waals surface area contributed by atoms with E-state index in [0.717, 1.165) is 55.5 Å². The van der Waals surface area contributed by atoms with Crippen LogP contribution in [0.15, 0.2) is 224 Å². The van der Waals surface area contributed by atoms with Gasteiger partial charge in [-0.1, -0.05) is 182 Å². The van der Waals surface area contributed by atoms with E-state index in [4.69, 9.17) is 15.0 Å². The lowest BCUT2D eigenvalue weighted by Crippen LogP contribution is -2.00. The Labute approximate surface area is 338 Å². The Balaban J connectivity index is 1.11. The fourth-order valence-electron chi connectivity index (χ4n) is 7.66. The smallest absolute Gasteiger partial charge is 0.164 e. The highest BCUT2D eigenvalue weighted by Gasteiger charge is 2.15. The third-order valence-electron chi connectivity index (χ3n) is 10.7. The van der Waals surface area contributed by atoms with E-state index in [2.05, 4.69) is 194 Å². The molecule has 3 nitrogen and oxygen atoms in total. The number of rotatable bonds is 8. The molecule has 1 aromatic heterocycles. The maximum Gasteiger partial charge on any atom is 0.164 e. The van der Waals surface area contributed by atoms with Crippen LogP contribution in [-0.4, -0.2) is 15.0 Å². The molecule has 0 aliphatic rings. The summed E-state index contributed by atoms with van der Waals surface area (Å²) in [6, 6.07) is 79.2. The van der Waals surface area contributed by atoms with Gasteiger partial charge in [0.2, 0.25) is 0 Å². The average molecular weight is 740 g/mol. The lowest BCUT2D eigenvalue weighted by atomic mass is 9.91. The Morgan fingerprint density at radius 1 is 0.172 bits per heavy atom. The van der Waals surface area contributed by atoms with Crippen molar-refractivity contribution in [2.24, 2.45) is 0 Å². The van der Waals surface area contributed by atoms with Crippen molar-refractivity contribution in [2.45, 2.75) is 0 Å². The van der Waals surface area contributed by atoms with Gasteiger partial charge in [-0.25, -0.2) is 15.0 Å². The summed E-state index contributed by atoms with van der Waals surface area (Å²) in [6.45, 7) is 0. The predicted molar refractivity (Wildman–Crippen MR) is 241 cm³/mol. The van der Waals surface area contributed by atoms with Crippen LogP contribution >= 0.6 is 0 Å². The molecule has 3 heteroatoms. The molecule has 0 fully saturated rings. The molecule has 0 amide bonds. The van der Waals surface area contributed by atoms with Crippen molar-refractivity contribution in [1.29, 1.82) is 0 Å². The summed E-state index contributed by atoms with van der Waals surface area (Å²) in [4.78, 5) is 15.2. The minimum Gasteiger partial charge on any atom is -0.208 e. The van der Waals surface area contributed by atoms with Gasteiger partial charge in [0.25, 0.3) is 0 Å². The maximum atomic E-state index is 5.13. The maximum absolute atomic E-state index is 5.13. The molecule has 9 aromatic carbocycles. The van der Waals surface area contributed by atoms with Crippen molar-refractivity contribution in [3.63, 3.8) is 0 Å². The van der Waals surface area contributed by atoms with Crippen molar-refractivity contribution >= 4 is 10.8 Å². The molecule has 10 aromatic rings. The topological polar surface area (TPSA) is 38.7 Å². The zero-order chi connectivity index (χ0) is 38.7. The highest BCUT2D eigenvalue weighted by Crippen LogP contribution is 2.37. The standard InChI is InChI=1S/C55H37N3/c1-4-15-38(16-5-1)43-23-12-25-45(31-43)50-35-51(46-26-13-24-44(32-46)39-17-6-2-7-18-39)37-52(36-50)47-27-14-28-48(34-47)54-56-53(41-20-8-3-9-21-41)57-55(58-54)49-30-29-40-19-10-11-22-42(40)33-49/h1-37H. The summed E-state index contributed by atoms with van der Waals surface area (Å²) >= 11 is 0. The Morgan fingerprint density at radius 3 is 0.966 bits per heavy atom. The third-order valence-corrected chi connectivity index (χ3v) is 10.7. The van der Waals surface area contributed by atoms with Gasteiger partial charge in [-0.05, 0) is 109 Å². The Hall–Kier alpha value is -7.75. The number of hydrogen-bond acceptors (Lipinski definition) is 3. The largest absolute Gasteiger partial charge is 0.208 e. The van der Waals surface area contributed by atoms with E-state index in [1.807, 2.05) is 30.3 Å². The third kappa shape index (κ3) is 7.21. The number of nitrogens with zero attached hydrogens (tertiary/aromatic N) is 3. The second-order valence-corrected chi connectivity index (χ2v) is 14.5. The molecular formula is C55H37N3. The average Bonchev–Trinajstić information content (AvgIpc) is 3.32. The van der Waals surface area contributed by atoms with Gasteiger partial charge >= 0.3 is 0 Å². The number of aromatic nitrogens is 3. The van der Waals surface area contributed by atoms with Crippen LogP contribution in [0.1, 0.15) is 0 Å². The zero-order valence-corrected chi connectivity index (χ0v) is 31.7. The molecule has 0 N–H and O–H groups in total. The second kappa shape index (κ2) is 15.4. The van der Waals surface area contributed by atoms with Crippen molar-refractivity contribution in [3.8, 4) is 89.8 Å². The molecule has 0 radical (unpaired) electrons. The molecule has 0 atom stereocenters. The van der Waals surface area contributed by atoms with Gasteiger partial charge < -0.3 is 0 Å². The first-order valence-electron chi connectivity index (χ1n) is 19.6. The van der Waals surface area contributed by atoms with Crippen molar-refractivity contribution < 1.29 is 0 Å². The van der Waals surface area contributed by atoms with Gasteiger partial charge in [0.05, 0.1) is 0 Å². The summed E-state index contributed by atoms with van der Waals surface area (Å²) in [5.41, 5.74) is 14.4. The van der Waals surface area contributed by atoms with Gasteiger partial charge in [0.1, 0.15) is 0 Å². The van der Waals surface area contributed by atoms with Gasteiger partial charge in [-0.2, -0.15) is 0 Å². The van der Waals surface area contributed by atoms with E-state index < -0.39 is 0 Å². The van der Waals surface area contributed by atoms with Crippen LogP contribution in [0.3, 0.4) is 0 Å². The highest BCUT2D eigenvalue weighted by molar-refractivity contribution is 5.88. The number of fused-ring (bicyclic) bond motifs is 1. The van der Waals surface area contributed by atoms with Crippen molar-refractivity contribution in [1.82, 2.24) is 15.0 Å². The Morgan fingerprint density at radius 2 is 0.483 bits per heavy atom. The van der Waals surface area contributed by atoms with Crippen LogP contribution in [-0.2, 0) is 0 Å². The molecule has 58 heavy (non-hydrogen) atoms. The molecule has 0 saturated heterocycles. The zero-order valence-electron chi connectivity index (χ0n) is 31.7. The van der Waals surface area contributed by atoms with Crippen LogP contribution < -0.4 is 0 Å². The quantitative estimate of drug-likeness (QED) is 0.156. The fraction of sp³-hybridized carbons (Fsp3) is 0. The Kier molecular flexibility index (Phi) is 9.23. The van der Waals surface area contributed by atoms with E-state index in [0.29, 0.717) is 17.5 Å². The van der Waals surface area contributed by atoms with Crippen LogP contribution in [0.4, 0.5) is 0 Å². The predicted octanol–water partition coefficient (Wildman–Crippen LogP) is 14.4. The lowest BCUT2D eigenvalue weighted by molar-refractivity contribution is 1.07. The molecule has 0 unspecified atom stereocenters. The van der Waals surface area contributed by atoms with Gasteiger partial charge in [-0.15, -0.1) is 0 Å². The molecular weight excluding hydrogens is 703 g/mol. The summed E-state index contributed by atoms with van der Waals surface area (Å²) in [7, 11) is 0. The molecule has 0 saturated carbocycles. The first kappa shape index (κ1) is 34.7. The minimum atomic E-state index is 0.626. The van der Waals surface area contributed by atoms with Gasteiger partial charge in [-0.3, -0.25) is 0 Å². The monoisotopic (exact) mass is 739 g/mol. The molecule has 10 rings (SSSR count).